The number of carbonyl (C=O) groups is 1. The van der Waals surface area contributed by atoms with Crippen LogP contribution in [0.25, 0.3) is 0 Å². The molecule has 0 aromatic heterocycles. The molecule has 1 saturated heterocycles. The van der Waals surface area contributed by atoms with Crippen molar-refractivity contribution in [3.05, 3.63) is 54.1 Å². The Morgan fingerprint density at radius 3 is 2.54 bits per heavy atom. The van der Waals surface area contributed by atoms with Gasteiger partial charge in [0.25, 0.3) is 0 Å². The van der Waals surface area contributed by atoms with E-state index in [1.54, 1.807) is 12.1 Å². The molecule has 6 heteroatoms. The fourth-order valence-electron chi connectivity index (χ4n) is 3.01. The molecule has 2 N–H and O–H groups in total. The van der Waals surface area contributed by atoms with Gasteiger partial charge in [0.05, 0.1) is 19.8 Å². The molecule has 26 heavy (non-hydrogen) atoms. The lowest BCUT2D eigenvalue weighted by atomic mass is 10.2. The van der Waals surface area contributed by atoms with Crippen LogP contribution in [0.5, 0.6) is 5.75 Å². The standard InChI is InChI=1S/C20H25N3O3/c1-22(14-16-4-2-3-5-19(16)24)15-20(25)21-17-6-8-18(9-7-17)23-10-12-26-13-11-23/h2-9,24H,10-15H2,1H3,(H,21,25). The summed E-state index contributed by atoms with van der Waals surface area (Å²) in [5, 5.41) is 12.7. The van der Waals surface area contributed by atoms with Crippen LogP contribution in [0.1, 0.15) is 5.56 Å². The van der Waals surface area contributed by atoms with Crippen molar-refractivity contribution in [1.82, 2.24) is 4.90 Å². The molecule has 0 bridgehead atoms. The number of para-hydroxylation sites is 1. The lowest BCUT2D eigenvalue weighted by Gasteiger charge is -2.28. The topological polar surface area (TPSA) is 65.0 Å². The van der Waals surface area contributed by atoms with Crippen molar-refractivity contribution < 1.29 is 14.6 Å². The van der Waals surface area contributed by atoms with Gasteiger partial charge in [0, 0.05) is 36.6 Å². The van der Waals surface area contributed by atoms with Gasteiger partial charge in [-0.05, 0) is 37.4 Å². The van der Waals surface area contributed by atoms with Crippen LogP contribution in [0.3, 0.4) is 0 Å². The van der Waals surface area contributed by atoms with Gasteiger partial charge < -0.3 is 20.1 Å². The largest absolute Gasteiger partial charge is 0.508 e. The first-order valence-electron chi connectivity index (χ1n) is 8.80. The minimum atomic E-state index is -0.0814. The Hall–Kier alpha value is -2.57. The molecule has 0 radical (unpaired) electrons. The molecule has 3 rings (SSSR count). The van der Waals surface area contributed by atoms with Gasteiger partial charge in [-0.1, -0.05) is 18.2 Å². The molecule has 0 spiro atoms. The van der Waals surface area contributed by atoms with Crippen molar-refractivity contribution in [1.29, 1.82) is 0 Å². The van der Waals surface area contributed by atoms with E-state index in [2.05, 4.69) is 10.2 Å². The van der Waals surface area contributed by atoms with Gasteiger partial charge in [-0.15, -0.1) is 0 Å². The number of hydrogen-bond donors (Lipinski definition) is 2. The third kappa shape index (κ3) is 4.97. The highest BCUT2D eigenvalue weighted by atomic mass is 16.5. The maximum absolute atomic E-state index is 12.2. The molecule has 6 nitrogen and oxygen atoms in total. The first-order chi connectivity index (χ1) is 12.6. The summed E-state index contributed by atoms with van der Waals surface area (Å²) in [6.45, 7) is 4.05. The summed E-state index contributed by atoms with van der Waals surface area (Å²) in [6.07, 6.45) is 0. The number of phenols is 1. The number of aromatic hydroxyl groups is 1. The summed E-state index contributed by atoms with van der Waals surface area (Å²) in [5.41, 5.74) is 2.73. The van der Waals surface area contributed by atoms with E-state index in [1.165, 1.54) is 0 Å². The second-order valence-electron chi connectivity index (χ2n) is 6.50. The summed E-state index contributed by atoms with van der Waals surface area (Å²) >= 11 is 0. The van der Waals surface area contributed by atoms with Crippen LogP contribution in [0.4, 0.5) is 11.4 Å². The number of hydrogen-bond acceptors (Lipinski definition) is 5. The molecular weight excluding hydrogens is 330 g/mol. The third-order valence-corrected chi connectivity index (χ3v) is 4.37. The van der Waals surface area contributed by atoms with Crippen molar-refractivity contribution in [2.45, 2.75) is 6.54 Å². The normalized spacial score (nSPS) is 14.5. The van der Waals surface area contributed by atoms with Gasteiger partial charge in [-0.2, -0.15) is 0 Å². The Labute approximate surface area is 154 Å². The number of anilines is 2. The first-order valence-corrected chi connectivity index (χ1v) is 8.80. The number of morpholine rings is 1. The average molecular weight is 355 g/mol. The number of carbonyl (C=O) groups excluding carboxylic acids is 1. The Balaban J connectivity index is 1.50. The maximum Gasteiger partial charge on any atom is 0.238 e. The number of phenolic OH excluding ortho intramolecular Hbond substituents is 1. The lowest BCUT2D eigenvalue weighted by molar-refractivity contribution is -0.117. The van der Waals surface area contributed by atoms with Crippen LogP contribution in [0.15, 0.2) is 48.5 Å². The number of nitrogens with one attached hydrogen (secondary N) is 1. The second kappa shape index (κ2) is 8.69. The zero-order valence-corrected chi connectivity index (χ0v) is 15.0. The Morgan fingerprint density at radius 1 is 1.15 bits per heavy atom. The predicted molar refractivity (Wildman–Crippen MR) is 103 cm³/mol. The van der Waals surface area contributed by atoms with Gasteiger partial charge in [0.1, 0.15) is 5.75 Å². The number of ether oxygens (including phenoxy) is 1. The molecule has 0 atom stereocenters. The molecule has 0 saturated carbocycles. The summed E-state index contributed by atoms with van der Waals surface area (Å²) in [4.78, 5) is 16.4. The fourth-order valence-corrected chi connectivity index (χ4v) is 3.01. The maximum atomic E-state index is 12.2. The average Bonchev–Trinajstić information content (AvgIpc) is 2.65. The van der Waals surface area contributed by atoms with Crippen LogP contribution in [-0.2, 0) is 16.1 Å². The van der Waals surface area contributed by atoms with Crippen LogP contribution < -0.4 is 10.2 Å². The monoisotopic (exact) mass is 355 g/mol. The molecule has 138 valence electrons. The summed E-state index contributed by atoms with van der Waals surface area (Å²) < 4.78 is 5.37. The molecule has 1 fully saturated rings. The van der Waals surface area contributed by atoms with E-state index in [0.29, 0.717) is 6.54 Å². The number of benzene rings is 2. The highest BCUT2D eigenvalue weighted by Crippen LogP contribution is 2.19. The molecular formula is C20H25N3O3. The van der Waals surface area contributed by atoms with Crippen molar-refractivity contribution in [3.8, 4) is 5.75 Å². The van der Waals surface area contributed by atoms with Gasteiger partial charge >= 0.3 is 0 Å². The van der Waals surface area contributed by atoms with Gasteiger partial charge in [0.2, 0.25) is 5.91 Å². The van der Waals surface area contributed by atoms with E-state index in [-0.39, 0.29) is 18.2 Å². The van der Waals surface area contributed by atoms with E-state index in [1.807, 2.05) is 48.3 Å². The van der Waals surface area contributed by atoms with E-state index < -0.39 is 0 Å². The Morgan fingerprint density at radius 2 is 1.85 bits per heavy atom. The Kier molecular flexibility index (Phi) is 6.09. The number of amides is 1. The van der Waals surface area contributed by atoms with Crippen LogP contribution in [0.2, 0.25) is 0 Å². The highest BCUT2D eigenvalue weighted by molar-refractivity contribution is 5.92. The van der Waals surface area contributed by atoms with Gasteiger partial charge in [-0.3, -0.25) is 9.69 Å². The Bertz CT molecular complexity index is 727. The van der Waals surface area contributed by atoms with E-state index >= 15 is 0 Å². The van der Waals surface area contributed by atoms with Crippen LogP contribution in [0, 0.1) is 0 Å². The zero-order chi connectivity index (χ0) is 18.4. The lowest BCUT2D eigenvalue weighted by Crippen LogP contribution is -2.36. The molecule has 1 aliphatic rings. The van der Waals surface area contributed by atoms with Crippen molar-refractivity contribution in [2.75, 3.05) is 50.1 Å². The fraction of sp³-hybridized carbons (Fsp3) is 0.350. The minimum absolute atomic E-state index is 0.0814. The van der Waals surface area contributed by atoms with Crippen molar-refractivity contribution in [2.24, 2.45) is 0 Å². The smallest absolute Gasteiger partial charge is 0.238 e. The predicted octanol–water partition coefficient (Wildman–Crippen LogP) is 2.30. The van der Waals surface area contributed by atoms with Crippen LogP contribution in [-0.4, -0.2) is 55.8 Å². The first kappa shape index (κ1) is 18.2. The molecule has 1 aliphatic heterocycles. The highest BCUT2D eigenvalue weighted by Gasteiger charge is 2.12. The molecule has 0 unspecified atom stereocenters. The van der Waals surface area contributed by atoms with Gasteiger partial charge in [0.15, 0.2) is 0 Å². The number of rotatable bonds is 6. The van der Waals surface area contributed by atoms with E-state index in [4.69, 9.17) is 4.74 Å². The summed E-state index contributed by atoms with van der Waals surface area (Å²) in [6, 6.07) is 15.1. The second-order valence-corrected chi connectivity index (χ2v) is 6.50. The minimum Gasteiger partial charge on any atom is -0.508 e. The van der Waals surface area contributed by atoms with Crippen molar-refractivity contribution in [3.63, 3.8) is 0 Å². The quantitative estimate of drug-likeness (QED) is 0.832. The number of nitrogens with zero attached hydrogens (tertiary/aromatic N) is 2. The summed E-state index contributed by atoms with van der Waals surface area (Å²) in [7, 11) is 1.85. The molecule has 1 amide bonds. The SMILES string of the molecule is CN(CC(=O)Nc1ccc(N2CCOCC2)cc1)Cc1ccccc1O. The van der Waals surface area contributed by atoms with E-state index in [9.17, 15) is 9.90 Å². The molecule has 1 heterocycles. The van der Waals surface area contributed by atoms with Crippen LogP contribution >= 0.6 is 0 Å². The number of likely N-dealkylation sites (N-methyl/N-ethyl adjacent to an activating group) is 1. The van der Waals surface area contributed by atoms with E-state index in [0.717, 1.165) is 43.2 Å². The molecule has 0 aliphatic carbocycles. The summed E-state index contributed by atoms with van der Waals surface area (Å²) in [5.74, 6) is 0.167. The van der Waals surface area contributed by atoms with Gasteiger partial charge in [-0.25, -0.2) is 0 Å². The zero-order valence-electron chi connectivity index (χ0n) is 15.0. The molecule has 2 aromatic carbocycles. The third-order valence-electron chi connectivity index (χ3n) is 4.37. The molecule has 2 aromatic rings. The van der Waals surface area contributed by atoms with Crippen molar-refractivity contribution >= 4 is 17.3 Å².